The highest BCUT2D eigenvalue weighted by molar-refractivity contribution is 4.91. The molecule has 2 fully saturated rings. The van der Waals surface area contributed by atoms with Crippen LogP contribution in [-0.4, -0.2) is 60.9 Å². The van der Waals surface area contributed by atoms with Gasteiger partial charge in [0.15, 0.2) is 12.6 Å². The Morgan fingerprint density at radius 3 is 2.60 bits per heavy atom. The van der Waals surface area contributed by atoms with Crippen LogP contribution in [0.4, 0.5) is 0 Å². The summed E-state index contributed by atoms with van der Waals surface area (Å²) in [4.78, 5) is 0. The summed E-state index contributed by atoms with van der Waals surface area (Å²) in [5, 5.41) is 19.4. The fourth-order valence-electron chi connectivity index (χ4n) is 1.89. The Balaban J connectivity index is 2.07. The average Bonchev–Trinajstić information content (AvgIpc) is 2.24. The third-order valence-corrected chi connectivity index (χ3v) is 2.72. The molecule has 0 bridgehead atoms. The highest BCUT2D eigenvalue weighted by Gasteiger charge is 2.48. The van der Waals surface area contributed by atoms with Crippen LogP contribution in [0.3, 0.4) is 0 Å². The fraction of sp³-hybridized carbons (Fsp3) is 1.00. The van der Waals surface area contributed by atoms with E-state index < -0.39 is 37.0 Å². The van der Waals surface area contributed by atoms with Crippen LogP contribution in [0, 0.1) is 0 Å². The van der Waals surface area contributed by atoms with Crippen LogP contribution in [0.1, 0.15) is 6.92 Å². The smallest absolute Gasteiger partial charge is 0.186 e. The number of fused-ring (bicyclic) bond motifs is 1. The van der Waals surface area contributed by atoms with Gasteiger partial charge in [0.2, 0.25) is 0 Å². The molecule has 2 saturated heterocycles. The topological polar surface area (TPSA) is 77.4 Å². The second-order valence-corrected chi connectivity index (χ2v) is 3.76. The second-order valence-electron chi connectivity index (χ2n) is 3.76. The van der Waals surface area contributed by atoms with E-state index in [0.717, 1.165) is 0 Å². The normalized spacial score (nSPS) is 51.2. The average molecular weight is 220 g/mol. The van der Waals surface area contributed by atoms with Crippen LogP contribution in [0.5, 0.6) is 0 Å². The van der Waals surface area contributed by atoms with Crippen LogP contribution >= 0.6 is 0 Å². The number of ether oxygens (including phenoxy) is 4. The Morgan fingerprint density at radius 2 is 1.93 bits per heavy atom. The molecule has 0 radical (unpaired) electrons. The summed E-state index contributed by atoms with van der Waals surface area (Å²) in [6.45, 7) is 2.06. The summed E-state index contributed by atoms with van der Waals surface area (Å²) >= 11 is 0. The summed E-state index contributed by atoms with van der Waals surface area (Å²) in [5.74, 6) is 0. The molecule has 0 aromatic rings. The molecule has 0 aliphatic carbocycles. The van der Waals surface area contributed by atoms with Crippen molar-refractivity contribution in [3.63, 3.8) is 0 Å². The van der Waals surface area contributed by atoms with Gasteiger partial charge < -0.3 is 29.2 Å². The van der Waals surface area contributed by atoms with E-state index in [1.807, 2.05) is 0 Å². The van der Waals surface area contributed by atoms with E-state index in [-0.39, 0.29) is 0 Å². The second kappa shape index (κ2) is 4.32. The van der Waals surface area contributed by atoms with Crippen LogP contribution in [0.15, 0.2) is 0 Å². The Kier molecular flexibility index (Phi) is 3.24. The molecule has 0 saturated carbocycles. The summed E-state index contributed by atoms with van der Waals surface area (Å²) in [6.07, 6.45) is -4.29. The van der Waals surface area contributed by atoms with Gasteiger partial charge in [-0.1, -0.05) is 0 Å². The summed E-state index contributed by atoms with van der Waals surface area (Å²) in [5.41, 5.74) is 0. The van der Waals surface area contributed by atoms with Gasteiger partial charge >= 0.3 is 0 Å². The van der Waals surface area contributed by atoms with Gasteiger partial charge in [-0.3, -0.25) is 0 Å². The number of methoxy groups -OCH3 is 1. The molecule has 2 aliphatic heterocycles. The van der Waals surface area contributed by atoms with Crippen LogP contribution < -0.4 is 0 Å². The van der Waals surface area contributed by atoms with Gasteiger partial charge in [0.05, 0.1) is 6.61 Å². The van der Waals surface area contributed by atoms with Crippen molar-refractivity contribution in [1.82, 2.24) is 0 Å². The molecule has 1 unspecified atom stereocenters. The first kappa shape index (κ1) is 11.3. The molecular weight excluding hydrogens is 204 g/mol. The molecule has 0 amide bonds. The molecule has 0 aromatic heterocycles. The van der Waals surface area contributed by atoms with E-state index in [0.29, 0.717) is 6.61 Å². The first-order chi connectivity index (χ1) is 7.13. The SMILES string of the molecule is CO[C@H]1O[C@@H]2COC(C)O[C@H]2[C@H](O)[C@H]1O. The van der Waals surface area contributed by atoms with Gasteiger partial charge in [0.25, 0.3) is 0 Å². The molecule has 15 heavy (non-hydrogen) atoms. The molecule has 2 N–H and O–H groups in total. The van der Waals surface area contributed by atoms with Crippen LogP contribution in [-0.2, 0) is 18.9 Å². The largest absolute Gasteiger partial charge is 0.387 e. The van der Waals surface area contributed by atoms with Crippen molar-refractivity contribution in [1.29, 1.82) is 0 Å². The molecule has 2 heterocycles. The van der Waals surface area contributed by atoms with Gasteiger partial charge in [-0.25, -0.2) is 0 Å². The lowest BCUT2D eigenvalue weighted by Crippen LogP contribution is -2.62. The zero-order chi connectivity index (χ0) is 11.0. The monoisotopic (exact) mass is 220 g/mol. The third-order valence-electron chi connectivity index (χ3n) is 2.72. The first-order valence-electron chi connectivity index (χ1n) is 4.95. The van der Waals surface area contributed by atoms with Gasteiger partial charge in [-0.15, -0.1) is 0 Å². The van der Waals surface area contributed by atoms with Crippen molar-refractivity contribution < 1.29 is 29.2 Å². The van der Waals surface area contributed by atoms with Crippen molar-refractivity contribution in [3.8, 4) is 0 Å². The van der Waals surface area contributed by atoms with Crippen molar-refractivity contribution in [2.45, 2.75) is 43.9 Å². The predicted octanol–water partition coefficient (Wildman–Crippen LogP) is -1.16. The quantitative estimate of drug-likeness (QED) is 0.580. The maximum absolute atomic E-state index is 9.80. The highest BCUT2D eigenvalue weighted by atomic mass is 16.7. The fourth-order valence-corrected chi connectivity index (χ4v) is 1.89. The third kappa shape index (κ3) is 2.01. The lowest BCUT2D eigenvalue weighted by atomic mass is 9.98. The van der Waals surface area contributed by atoms with E-state index >= 15 is 0 Å². The molecular formula is C9H16O6. The Bertz CT molecular complexity index is 221. The minimum Gasteiger partial charge on any atom is -0.387 e. The minimum absolute atomic E-state index is 0.329. The Morgan fingerprint density at radius 1 is 1.20 bits per heavy atom. The highest BCUT2D eigenvalue weighted by Crippen LogP contribution is 2.28. The zero-order valence-corrected chi connectivity index (χ0v) is 8.70. The Labute approximate surface area is 87.7 Å². The molecule has 2 aliphatic rings. The zero-order valence-electron chi connectivity index (χ0n) is 8.70. The number of aliphatic hydroxyl groups is 2. The minimum atomic E-state index is -1.10. The lowest BCUT2D eigenvalue weighted by Gasteiger charge is -2.45. The van der Waals surface area contributed by atoms with E-state index in [9.17, 15) is 10.2 Å². The first-order valence-corrected chi connectivity index (χ1v) is 4.95. The predicted molar refractivity (Wildman–Crippen MR) is 48.0 cm³/mol. The van der Waals surface area contributed by atoms with Crippen LogP contribution in [0.2, 0.25) is 0 Å². The molecule has 88 valence electrons. The number of aliphatic hydroxyl groups excluding tert-OH is 2. The van der Waals surface area contributed by atoms with Crippen molar-refractivity contribution in [2.75, 3.05) is 13.7 Å². The van der Waals surface area contributed by atoms with E-state index in [1.165, 1.54) is 7.11 Å². The van der Waals surface area contributed by atoms with Gasteiger partial charge in [0, 0.05) is 7.11 Å². The Hall–Kier alpha value is -0.240. The number of rotatable bonds is 1. The molecule has 2 rings (SSSR count). The van der Waals surface area contributed by atoms with E-state index in [1.54, 1.807) is 6.92 Å². The van der Waals surface area contributed by atoms with E-state index in [2.05, 4.69) is 0 Å². The lowest BCUT2D eigenvalue weighted by molar-refractivity contribution is -0.352. The molecule has 0 spiro atoms. The maximum Gasteiger partial charge on any atom is 0.186 e. The molecule has 6 heteroatoms. The van der Waals surface area contributed by atoms with Crippen molar-refractivity contribution in [3.05, 3.63) is 0 Å². The van der Waals surface area contributed by atoms with Crippen molar-refractivity contribution in [2.24, 2.45) is 0 Å². The standard InChI is InChI=1S/C9H16O6/c1-4-13-3-5-8(14-4)6(10)7(11)9(12-2)15-5/h4-11H,3H2,1-2H3/t4?,5-,6-,7-,8-,9+/m1/s1. The van der Waals surface area contributed by atoms with Crippen LogP contribution in [0.25, 0.3) is 0 Å². The van der Waals surface area contributed by atoms with Gasteiger partial charge in [-0.05, 0) is 6.92 Å². The molecule has 6 nitrogen and oxygen atoms in total. The molecule has 6 atom stereocenters. The number of hydrogen-bond donors (Lipinski definition) is 2. The maximum atomic E-state index is 9.80. The van der Waals surface area contributed by atoms with Gasteiger partial charge in [-0.2, -0.15) is 0 Å². The molecule has 0 aromatic carbocycles. The number of hydrogen-bond acceptors (Lipinski definition) is 6. The summed E-state index contributed by atoms with van der Waals surface area (Å²) in [6, 6.07) is 0. The van der Waals surface area contributed by atoms with Crippen molar-refractivity contribution >= 4 is 0 Å². The van der Waals surface area contributed by atoms with Gasteiger partial charge in [0.1, 0.15) is 24.4 Å². The summed E-state index contributed by atoms with van der Waals surface area (Å²) in [7, 11) is 1.41. The van der Waals surface area contributed by atoms with E-state index in [4.69, 9.17) is 18.9 Å². The summed E-state index contributed by atoms with van der Waals surface area (Å²) < 4.78 is 20.9.